The number of aliphatic carboxylic acids is 1. The number of carbonyl (C=O) groups is 4. The van der Waals surface area contributed by atoms with Crippen LogP contribution in [0.2, 0.25) is 0 Å². The van der Waals surface area contributed by atoms with Crippen LogP contribution in [-0.4, -0.2) is 76.6 Å². The zero-order valence-corrected chi connectivity index (χ0v) is 50.1. The molecule has 2 fully saturated rings. The lowest BCUT2D eigenvalue weighted by molar-refractivity contribution is -0.138. The van der Waals surface area contributed by atoms with Crippen LogP contribution in [-0.2, 0) is 50.0 Å². The number of thiocarbonyl (C=S) groups is 2. The van der Waals surface area contributed by atoms with Crippen LogP contribution in [0, 0.1) is 0 Å². The van der Waals surface area contributed by atoms with Crippen molar-refractivity contribution in [2.75, 3.05) is 24.5 Å². The molecule has 0 aliphatic carbocycles. The fourth-order valence-corrected chi connectivity index (χ4v) is 15.4. The number of carboxylic acids is 1. The molecular weight excluding hydrogens is 1140 g/mol. The van der Waals surface area contributed by atoms with Gasteiger partial charge < -0.3 is 14.7 Å². The van der Waals surface area contributed by atoms with Crippen molar-refractivity contribution in [2.45, 2.75) is 98.3 Å². The number of allylic oxidation sites excluding steroid dienone is 2. The zero-order chi connectivity index (χ0) is 57.2. The molecule has 1 N–H and O–H groups in total. The van der Waals surface area contributed by atoms with E-state index in [1.807, 2.05) is 80.6 Å². The highest BCUT2D eigenvalue weighted by Crippen LogP contribution is 2.39. The molecule has 418 valence electrons. The third-order valence-electron chi connectivity index (χ3n) is 14.2. The average Bonchev–Trinajstić information content (AvgIpc) is 4.24. The van der Waals surface area contributed by atoms with Gasteiger partial charge in [0, 0.05) is 31.0 Å². The normalized spacial score (nSPS) is 16.7. The molecule has 0 atom stereocenters. The van der Waals surface area contributed by atoms with E-state index in [1.165, 1.54) is 58.5 Å². The fourth-order valence-electron chi connectivity index (χ4n) is 10.2. The number of aromatic nitrogens is 2. The van der Waals surface area contributed by atoms with E-state index in [4.69, 9.17) is 29.2 Å². The molecule has 0 saturated carbocycles. The molecular formula is C62H61N5O8S6. The molecule has 2 amide bonds. The Morgan fingerprint density at radius 3 is 1.51 bits per heavy atom. The minimum atomic E-state index is -1.20. The molecule has 2 saturated heterocycles. The maximum atomic E-state index is 14.2. The van der Waals surface area contributed by atoms with E-state index < -0.39 is 23.6 Å². The fraction of sp³-hybridized carbons (Fsp3) is 0.290. The number of fused-ring (bicyclic) bond motifs is 2. The summed E-state index contributed by atoms with van der Waals surface area (Å²) in [6, 6.07) is 32.6. The van der Waals surface area contributed by atoms with Gasteiger partial charge in [0.2, 0.25) is 0 Å². The van der Waals surface area contributed by atoms with Crippen LogP contribution in [0.25, 0.3) is 45.3 Å². The van der Waals surface area contributed by atoms with E-state index in [2.05, 4.69) is 60.4 Å². The van der Waals surface area contributed by atoms with Crippen molar-refractivity contribution in [3.8, 4) is 0 Å². The van der Waals surface area contributed by atoms with Gasteiger partial charge in [-0.3, -0.25) is 47.7 Å². The summed E-state index contributed by atoms with van der Waals surface area (Å²) in [5, 5.41) is 9.91. The quantitative estimate of drug-likeness (QED) is 0.0298. The molecule has 5 heterocycles. The number of unbranched alkanes of at least 4 members (excludes halogenated alkanes) is 7. The number of hydrogen-bond acceptors (Lipinski definition) is 14. The molecule has 19 heteroatoms. The molecule has 0 radical (unpaired) electrons. The van der Waals surface area contributed by atoms with Gasteiger partial charge in [0.05, 0.1) is 9.06 Å². The van der Waals surface area contributed by atoms with Crippen LogP contribution in [0.1, 0.15) is 106 Å². The highest BCUT2D eigenvalue weighted by atomic mass is 32.2. The predicted octanol–water partition coefficient (Wildman–Crippen LogP) is 9.74. The third kappa shape index (κ3) is 13.5. The smallest absolute Gasteiger partial charge is 0.323 e. The van der Waals surface area contributed by atoms with Crippen molar-refractivity contribution >= 4 is 160 Å². The number of rotatable bonds is 22. The molecule has 81 heavy (non-hydrogen) atoms. The molecule has 6 aromatic rings. The summed E-state index contributed by atoms with van der Waals surface area (Å²) in [4.78, 5) is 84.9. The Bertz CT molecular complexity index is 3880. The molecule has 9 rings (SSSR count). The number of benzene rings is 4. The second kappa shape index (κ2) is 27.4. The molecule has 2 aromatic heterocycles. The van der Waals surface area contributed by atoms with E-state index in [-0.39, 0.29) is 39.1 Å². The molecule has 0 spiro atoms. The number of thioether (sulfide) groups is 2. The first kappa shape index (κ1) is 58.9. The Hall–Kier alpha value is -6.74. The molecule has 3 aliphatic rings. The minimum absolute atomic E-state index is 0.241. The zero-order valence-electron chi connectivity index (χ0n) is 45.2. The van der Waals surface area contributed by atoms with Gasteiger partial charge in [0.1, 0.15) is 34.3 Å². The van der Waals surface area contributed by atoms with Crippen molar-refractivity contribution in [3.05, 3.63) is 170 Å². The van der Waals surface area contributed by atoms with Crippen LogP contribution in [0.4, 0.5) is 11.4 Å². The Morgan fingerprint density at radius 1 is 0.605 bits per heavy atom. The highest BCUT2D eigenvalue weighted by molar-refractivity contribution is 8.30. The summed E-state index contributed by atoms with van der Waals surface area (Å²) in [6.45, 7) is 6.76. The second-order valence-corrected chi connectivity index (χ2v) is 24.9. The van der Waals surface area contributed by atoms with Gasteiger partial charge in [-0.05, 0) is 126 Å². The minimum Gasteiger partial charge on any atom is -0.480 e. The van der Waals surface area contributed by atoms with Gasteiger partial charge in [-0.15, -0.1) is 22.7 Å². The summed E-state index contributed by atoms with van der Waals surface area (Å²) < 4.78 is 9.61. The number of amides is 2. The van der Waals surface area contributed by atoms with E-state index in [0.717, 1.165) is 133 Å². The van der Waals surface area contributed by atoms with Crippen LogP contribution in [0.5, 0.6) is 0 Å². The summed E-state index contributed by atoms with van der Waals surface area (Å²) in [5.41, 5.74) is 8.79. The van der Waals surface area contributed by atoms with Crippen LogP contribution >= 0.6 is 70.6 Å². The van der Waals surface area contributed by atoms with Crippen LogP contribution in [0.3, 0.4) is 0 Å². The molecule has 4 aromatic carbocycles. The number of carboxylic acid groups (broad SMARTS) is 1. The molecule has 0 bridgehead atoms. The van der Waals surface area contributed by atoms with E-state index in [9.17, 15) is 33.9 Å². The van der Waals surface area contributed by atoms with Crippen molar-refractivity contribution in [1.82, 2.24) is 18.9 Å². The standard InChI is InChI=1S/C62H61N5O8S6/c1-4-7-8-9-10-11-12-19-30-65-48-28-24-40(33-46(42-20-15-13-16-21-42)35-50-55(71)66(37-52(69)70)59(78-50)53-57(73)63(5-2)61(76)80-53)31-44(48)26-27-45-32-41(25-29-49(45)65)34-47(43-22-17-14-18-23-43)36-51-56(72)67(38-75-39-68)60(79-51)54-58(74)64(6-3)62(77)81-54/h13-18,20-25,28-29,31-36,39H,4-12,19,26-27,30,37-38H2,1-3H3,(H,69,70)/b46-33+,47-34+,50-35-,51-36-,59-53+,60-54+. The monoisotopic (exact) mass is 1200 g/mol. The van der Waals surface area contributed by atoms with Gasteiger partial charge in [-0.25, -0.2) is 0 Å². The molecule has 0 unspecified atom stereocenters. The lowest BCUT2D eigenvalue weighted by Crippen LogP contribution is -2.35. The topological polar surface area (TPSA) is 151 Å². The molecule has 13 nitrogen and oxygen atoms in total. The van der Waals surface area contributed by atoms with Crippen molar-refractivity contribution in [1.29, 1.82) is 0 Å². The van der Waals surface area contributed by atoms with E-state index >= 15 is 0 Å². The largest absolute Gasteiger partial charge is 0.480 e. The number of ether oxygens (including phenoxy) is 1. The first-order valence-electron chi connectivity index (χ1n) is 27.2. The van der Waals surface area contributed by atoms with Gasteiger partial charge in [-0.1, -0.05) is 173 Å². The number of aryl methyl sites for hydroxylation is 2. The SMILES string of the molecule is CCCCCCCCCCN1c2ccc(/C=C(\C=c3/s/c(=C4/SC(=S)N(CC)C4=O)n(COC=O)c3=O)c3ccccc3)cc2CCc2cc(/C=C(\C=c3/s/c(=C4/SC(=S)N(CC)C4=O)n(CC(=O)O)c3=O)c3ccccc3)ccc21. The number of nitrogens with zero attached hydrogens (tertiary/aromatic N) is 5. The van der Waals surface area contributed by atoms with E-state index in [1.54, 1.807) is 6.08 Å². The van der Waals surface area contributed by atoms with Crippen molar-refractivity contribution in [2.24, 2.45) is 0 Å². The third-order valence-corrected chi connectivity index (χ3v) is 19.6. The van der Waals surface area contributed by atoms with Crippen molar-refractivity contribution in [3.63, 3.8) is 0 Å². The maximum Gasteiger partial charge on any atom is 0.323 e. The van der Waals surface area contributed by atoms with Gasteiger partial charge in [0.25, 0.3) is 29.4 Å². The lowest BCUT2D eigenvalue weighted by Gasteiger charge is -2.27. The van der Waals surface area contributed by atoms with Gasteiger partial charge in [-0.2, -0.15) is 0 Å². The Kier molecular flexibility index (Phi) is 19.9. The number of carbonyl (C=O) groups excluding carboxylic acids is 3. The van der Waals surface area contributed by atoms with Gasteiger partial charge >= 0.3 is 5.97 Å². The van der Waals surface area contributed by atoms with Gasteiger partial charge in [0.15, 0.2) is 6.73 Å². The summed E-state index contributed by atoms with van der Waals surface area (Å²) in [6.07, 6.45) is 18.7. The highest BCUT2D eigenvalue weighted by Gasteiger charge is 2.34. The predicted molar refractivity (Wildman–Crippen MR) is 340 cm³/mol. The van der Waals surface area contributed by atoms with Crippen molar-refractivity contribution < 1.29 is 29.0 Å². The first-order chi connectivity index (χ1) is 39.3. The van der Waals surface area contributed by atoms with E-state index in [0.29, 0.717) is 35.8 Å². The first-order valence-corrected chi connectivity index (χ1v) is 31.2. The average molecular weight is 1200 g/mol. The summed E-state index contributed by atoms with van der Waals surface area (Å²) >= 11 is 15.5. The summed E-state index contributed by atoms with van der Waals surface area (Å²) in [5.74, 6) is -1.85. The maximum absolute atomic E-state index is 14.2. The Balaban J connectivity index is 1.12. The number of hydrogen-bond donors (Lipinski definition) is 1. The second-order valence-electron chi connectivity index (χ2n) is 19.6. The van der Waals surface area contributed by atoms with Crippen LogP contribution < -0.4 is 34.4 Å². The number of anilines is 2. The summed E-state index contributed by atoms with van der Waals surface area (Å²) in [7, 11) is 0. The lowest BCUT2D eigenvalue weighted by atomic mass is 9.98. The molecule has 3 aliphatic heterocycles. The Labute approximate surface area is 497 Å². The Morgan fingerprint density at radius 2 is 1.06 bits per heavy atom. The number of thiazole rings is 2. The van der Waals surface area contributed by atoms with Crippen LogP contribution in [0.15, 0.2) is 107 Å².